The number of nitrogens with two attached hydrogens (primary N) is 1. The molecular formula is C31H42N4O7. The van der Waals surface area contributed by atoms with Gasteiger partial charge in [0.2, 0.25) is 5.91 Å². The molecule has 5 rings (SSSR count). The fourth-order valence-corrected chi connectivity index (χ4v) is 8.57. The average molecular weight is 583 g/mol. The van der Waals surface area contributed by atoms with E-state index < -0.39 is 64.4 Å². The Bertz CT molecular complexity index is 1360. The molecule has 1 aromatic rings. The molecule has 0 aromatic heterocycles. The Hall–Kier alpha value is -3.15. The summed E-state index contributed by atoms with van der Waals surface area (Å²) in [6.07, 6.45) is 1.43. The molecule has 1 saturated heterocycles. The number of primary amides is 1. The molecule has 1 aliphatic heterocycles. The minimum Gasteiger partial charge on any atom is -0.507 e. The summed E-state index contributed by atoms with van der Waals surface area (Å²) in [4.78, 5) is 72.8. The lowest BCUT2D eigenvalue weighted by Gasteiger charge is -2.52. The Labute approximate surface area is 246 Å². The summed E-state index contributed by atoms with van der Waals surface area (Å²) in [6.45, 7) is 6.90. The number of Topliss-reactive ketones (excluding diaryl/α,β-unsaturated/α-hetero) is 4. The van der Waals surface area contributed by atoms with Gasteiger partial charge in [0.25, 0.3) is 0 Å². The summed E-state index contributed by atoms with van der Waals surface area (Å²) in [5.74, 6) is -9.24. The zero-order valence-electron chi connectivity index (χ0n) is 25.2. The van der Waals surface area contributed by atoms with Crippen molar-refractivity contribution in [3.8, 4) is 5.75 Å². The van der Waals surface area contributed by atoms with Gasteiger partial charge in [-0.2, -0.15) is 0 Å². The first-order chi connectivity index (χ1) is 19.6. The molecule has 4 aliphatic rings. The van der Waals surface area contributed by atoms with Gasteiger partial charge in [0.15, 0.2) is 34.7 Å². The zero-order chi connectivity index (χ0) is 31.0. The van der Waals surface area contributed by atoms with E-state index in [1.807, 2.05) is 19.0 Å². The normalized spacial score (nSPS) is 35.1. The number of benzene rings is 1. The first-order valence-corrected chi connectivity index (χ1v) is 14.7. The van der Waals surface area contributed by atoms with Crippen LogP contribution in [-0.4, -0.2) is 102 Å². The van der Waals surface area contributed by atoms with Gasteiger partial charge < -0.3 is 20.8 Å². The third-order valence-electron chi connectivity index (χ3n) is 9.90. The van der Waals surface area contributed by atoms with Crippen molar-refractivity contribution in [3.63, 3.8) is 0 Å². The predicted octanol–water partition coefficient (Wildman–Crippen LogP) is 0.411. The monoisotopic (exact) mass is 582 g/mol. The fourth-order valence-electron chi connectivity index (χ4n) is 8.57. The molecule has 2 saturated carbocycles. The number of phenolic OH excluding ortho intramolecular Hbond substituents is 1. The number of piperidine rings is 1. The summed E-state index contributed by atoms with van der Waals surface area (Å²) in [5, 5.41) is 23.0. The molecule has 1 heterocycles. The smallest absolute Gasteiger partial charge is 0.235 e. The van der Waals surface area contributed by atoms with Crippen molar-refractivity contribution in [2.45, 2.75) is 51.3 Å². The molecule has 0 bridgehead atoms. The van der Waals surface area contributed by atoms with Gasteiger partial charge in [-0.15, -0.1) is 0 Å². The van der Waals surface area contributed by atoms with Crippen LogP contribution in [0.15, 0.2) is 6.07 Å². The maximum absolute atomic E-state index is 14.1. The van der Waals surface area contributed by atoms with E-state index in [1.165, 1.54) is 4.90 Å². The minimum absolute atomic E-state index is 0.0226. The molecule has 8 atom stereocenters. The van der Waals surface area contributed by atoms with Gasteiger partial charge in [-0.3, -0.25) is 33.8 Å². The number of aromatic hydroxyl groups is 1. The topological polar surface area (TPSA) is 162 Å². The van der Waals surface area contributed by atoms with Crippen molar-refractivity contribution in [1.82, 2.24) is 9.80 Å². The largest absolute Gasteiger partial charge is 0.507 e. The Morgan fingerprint density at radius 2 is 1.67 bits per heavy atom. The van der Waals surface area contributed by atoms with E-state index >= 15 is 0 Å². The van der Waals surface area contributed by atoms with Crippen LogP contribution < -0.4 is 10.6 Å². The highest BCUT2D eigenvalue weighted by atomic mass is 16.3. The van der Waals surface area contributed by atoms with Gasteiger partial charge in [-0.25, -0.2) is 0 Å². The minimum atomic E-state index is -2.72. The van der Waals surface area contributed by atoms with E-state index in [0.29, 0.717) is 23.9 Å². The molecule has 228 valence electrons. The maximum atomic E-state index is 14.1. The summed E-state index contributed by atoms with van der Waals surface area (Å²) in [5.41, 5.74) is 5.00. The van der Waals surface area contributed by atoms with Gasteiger partial charge >= 0.3 is 0 Å². The molecule has 3 fully saturated rings. The number of likely N-dealkylation sites (N-methyl/N-ethyl adjacent to an activating group) is 1. The fraction of sp³-hybridized carbons (Fsp3) is 0.645. The number of hydrogen-bond donors (Lipinski definition) is 3. The molecule has 11 heteroatoms. The lowest BCUT2D eigenvalue weighted by Crippen LogP contribution is -2.74. The molecule has 3 aliphatic carbocycles. The predicted molar refractivity (Wildman–Crippen MR) is 154 cm³/mol. The van der Waals surface area contributed by atoms with E-state index in [2.05, 4.69) is 18.7 Å². The number of phenols is 1. The van der Waals surface area contributed by atoms with Crippen LogP contribution in [-0.2, 0) is 32.1 Å². The number of hydrogen-bond acceptors (Lipinski definition) is 10. The van der Waals surface area contributed by atoms with Crippen molar-refractivity contribution in [3.05, 3.63) is 22.8 Å². The van der Waals surface area contributed by atoms with Crippen LogP contribution in [0.3, 0.4) is 0 Å². The van der Waals surface area contributed by atoms with E-state index in [0.717, 1.165) is 30.8 Å². The Balaban J connectivity index is 1.60. The van der Waals surface area contributed by atoms with Gasteiger partial charge in [0.1, 0.15) is 5.75 Å². The number of amides is 1. The third kappa shape index (κ3) is 4.48. The molecule has 0 spiro atoms. The summed E-state index contributed by atoms with van der Waals surface area (Å²) in [6, 6.07) is 0.472. The van der Waals surface area contributed by atoms with Gasteiger partial charge in [-0.05, 0) is 68.3 Å². The third-order valence-corrected chi connectivity index (χ3v) is 9.90. The zero-order valence-corrected chi connectivity index (χ0v) is 25.2. The highest BCUT2D eigenvalue weighted by Gasteiger charge is 2.69. The Kier molecular flexibility index (Phi) is 7.60. The lowest BCUT2D eigenvalue weighted by molar-refractivity contribution is -0.181. The molecule has 0 radical (unpaired) electrons. The molecule has 1 amide bonds. The number of nitrogens with zero attached hydrogens (tertiary/aromatic N) is 3. The van der Waals surface area contributed by atoms with E-state index in [9.17, 15) is 34.2 Å². The van der Waals surface area contributed by atoms with Crippen LogP contribution in [0.5, 0.6) is 5.75 Å². The number of anilines is 1. The molecule has 42 heavy (non-hydrogen) atoms. The van der Waals surface area contributed by atoms with Crippen LogP contribution in [0.4, 0.5) is 5.69 Å². The highest BCUT2D eigenvalue weighted by molar-refractivity contribution is 6.32. The van der Waals surface area contributed by atoms with E-state index in [4.69, 9.17) is 5.73 Å². The number of ketones is 4. The second-order valence-corrected chi connectivity index (χ2v) is 13.6. The van der Waals surface area contributed by atoms with Crippen LogP contribution in [0, 0.1) is 35.5 Å². The highest BCUT2D eigenvalue weighted by Crippen LogP contribution is 2.52. The first kappa shape index (κ1) is 30.3. The quantitative estimate of drug-likeness (QED) is 0.415. The summed E-state index contributed by atoms with van der Waals surface area (Å²) < 4.78 is 0. The maximum Gasteiger partial charge on any atom is 0.235 e. The van der Waals surface area contributed by atoms with Crippen molar-refractivity contribution in [2.75, 3.05) is 46.2 Å². The molecular weight excluding hydrogens is 540 g/mol. The summed E-state index contributed by atoms with van der Waals surface area (Å²) in [7, 11) is 6.91. The second kappa shape index (κ2) is 10.5. The van der Waals surface area contributed by atoms with Crippen molar-refractivity contribution in [1.29, 1.82) is 0 Å². The second-order valence-electron chi connectivity index (χ2n) is 13.6. The van der Waals surface area contributed by atoms with Gasteiger partial charge in [-0.1, -0.05) is 13.8 Å². The van der Waals surface area contributed by atoms with Crippen LogP contribution >= 0.6 is 0 Å². The van der Waals surface area contributed by atoms with Crippen molar-refractivity contribution in [2.24, 2.45) is 41.2 Å². The number of carbonyl (C=O) groups is 5. The molecule has 4 N–H and O–H groups in total. The van der Waals surface area contributed by atoms with Crippen molar-refractivity contribution < 1.29 is 34.2 Å². The Morgan fingerprint density at radius 3 is 2.21 bits per heavy atom. The molecule has 11 nitrogen and oxygen atoms in total. The van der Waals surface area contributed by atoms with Gasteiger partial charge in [0.05, 0.1) is 17.5 Å². The number of likely N-dealkylation sites (tertiary alicyclic amines) is 1. The SMILES string of the molecule is CC1CC(C)CN(Cc2cc(O)c3c(c2N(C)C)C[C@H]2C[C@H]4[C@H](N(C)C)C(=O)C(C(N)=O)C(=O)[C@@]4(O)C(=O)C2C3=O)C1. The number of fused-ring (bicyclic) bond motifs is 3. The number of carbonyl (C=O) groups excluding carboxylic acids is 5. The van der Waals surface area contributed by atoms with E-state index in [-0.39, 0.29) is 24.2 Å². The standard InChI is InChI=1S/C31H42N4O7/c1-14-7-15(2)12-35(11-14)13-17-10-20(36)22-18(24(17)33(3)4)8-16-9-19-25(34(5)6)27(38)23(30(32)41)29(40)31(19,42)28(39)21(16)26(22)37/h10,14-16,19,21,23,25,36,42H,7-9,11-13H2,1-6H3,(H2,32,41)/t14?,15?,16-,19-,21?,23?,25-,31-/m0/s1. The van der Waals surface area contributed by atoms with Crippen LogP contribution in [0.25, 0.3) is 0 Å². The van der Waals surface area contributed by atoms with Crippen LogP contribution in [0.1, 0.15) is 48.2 Å². The molecule has 1 aromatic carbocycles. The first-order valence-electron chi connectivity index (χ1n) is 14.7. The molecule has 4 unspecified atom stereocenters. The lowest BCUT2D eigenvalue weighted by atomic mass is 9.52. The number of aliphatic hydroxyl groups is 1. The van der Waals surface area contributed by atoms with Crippen LogP contribution in [0.2, 0.25) is 0 Å². The van der Waals surface area contributed by atoms with E-state index in [1.54, 1.807) is 20.2 Å². The average Bonchev–Trinajstić information content (AvgIpc) is 2.84. The summed E-state index contributed by atoms with van der Waals surface area (Å²) >= 11 is 0. The van der Waals surface area contributed by atoms with Gasteiger partial charge in [0, 0.05) is 45.3 Å². The number of rotatable bonds is 5. The Morgan fingerprint density at radius 1 is 1.05 bits per heavy atom. The van der Waals surface area contributed by atoms with Crippen molar-refractivity contribution >= 4 is 34.7 Å².